The van der Waals surface area contributed by atoms with Gasteiger partial charge in [0.15, 0.2) is 0 Å². The van der Waals surface area contributed by atoms with Crippen LogP contribution in [0.15, 0.2) is 23.1 Å². The highest BCUT2D eigenvalue weighted by molar-refractivity contribution is 7.89. The van der Waals surface area contributed by atoms with Gasteiger partial charge in [-0.1, -0.05) is 13.3 Å². The predicted octanol–water partition coefficient (Wildman–Crippen LogP) is 1.77. The molecule has 1 aromatic heterocycles. The first kappa shape index (κ1) is 19.4. The van der Waals surface area contributed by atoms with Crippen molar-refractivity contribution in [2.24, 2.45) is 0 Å². The molecule has 0 radical (unpaired) electrons. The number of unbranched alkanes of at least 4 members (excludes halogenated alkanes) is 1. The number of nitrogens with one attached hydrogen (secondary N) is 1. The molecule has 1 heterocycles. The fraction of sp³-hybridized carbons (Fsp3) is 0.529. The number of nitrogens with zero attached hydrogens (tertiary/aromatic N) is 3. The molecule has 2 aromatic rings. The summed E-state index contributed by atoms with van der Waals surface area (Å²) in [4.78, 5) is 16.4. The normalized spacial score (nSPS) is 12.0. The Bertz CT molecular complexity index is 856. The maximum atomic E-state index is 12.3. The molecule has 0 saturated carbocycles. The molecule has 0 aliphatic carbocycles. The van der Waals surface area contributed by atoms with Gasteiger partial charge in [-0.05, 0) is 24.6 Å². The summed E-state index contributed by atoms with van der Waals surface area (Å²) in [6, 6.07) is 5.03. The molecule has 0 unspecified atom stereocenters. The average molecular weight is 366 g/mol. The van der Waals surface area contributed by atoms with Crippen molar-refractivity contribution in [3.63, 3.8) is 0 Å². The van der Waals surface area contributed by atoms with E-state index >= 15 is 0 Å². The summed E-state index contributed by atoms with van der Waals surface area (Å²) in [5.41, 5.74) is 1.55. The van der Waals surface area contributed by atoms with E-state index in [9.17, 15) is 13.2 Å². The molecule has 7 nitrogen and oxygen atoms in total. The second-order valence-electron chi connectivity index (χ2n) is 6.14. The van der Waals surface area contributed by atoms with E-state index in [1.807, 2.05) is 0 Å². The van der Waals surface area contributed by atoms with E-state index < -0.39 is 10.0 Å². The monoisotopic (exact) mass is 366 g/mol. The number of carbonyl (C=O) groups excluding carboxylic acids is 1. The minimum atomic E-state index is -3.50. The van der Waals surface area contributed by atoms with Gasteiger partial charge in [-0.3, -0.25) is 4.79 Å². The number of hydrogen-bond acceptors (Lipinski definition) is 4. The Morgan fingerprint density at radius 1 is 1.32 bits per heavy atom. The Morgan fingerprint density at radius 2 is 2.04 bits per heavy atom. The number of fused-ring (bicyclic) bond motifs is 1. The highest BCUT2D eigenvalue weighted by atomic mass is 32.2. The first-order valence-electron chi connectivity index (χ1n) is 8.43. The molecule has 8 heteroatoms. The van der Waals surface area contributed by atoms with Crippen molar-refractivity contribution in [3.8, 4) is 0 Å². The van der Waals surface area contributed by atoms with Crippen LogP contribution >= 0.6 is 0 Å². The number of rotatable bonds is 8. The molecule has 138 valence electrons. The summed E-state index contributed by atoms with van der Waals surface area (Å²) in [6.07, 6.45) is 2.92. The number of benzene rings is 1. The van der Waals surface area contributed by atoms with Gasteiger partial charge in [0.1, 0.15) is 5.82 Å². The molecule has 1 aromatic carbocycles. The lowest BCUT2D eigenvalue weighted by Gasteiger charge is -2.11. The Kier molecular flexibility index (Phi) is 6.18. The Hall–Kier alpha value is -1.93. The SMILES string of the molecule is CCCCn1c(CCC(=O)NC)nc2cc(S(=O)(=O)N(C)C)ccc21. The van der Waals surface area contributed by atoms with E-state index in [2.05, 4.69) is 21.8 Å². The molecule has 1 N–H and O–H groups in total. The second kappa shape index (κ2) is 7.97. The van der Waals surface area contributed by atoms with E-state index in [0.29, 0.717) is 18.4 Å². The molecule has 2 rings (SSSR count). The summed E-state index contributed by atoms with van der Waals surface area (Å²) in [5, 5.41) is 2.61. The summed E-state index contributed by atoms with van der Waals surface area (Å²) in [6.45, 7) is 2.92. The molecular formula is C17H26N4O3S. The van der Waals surface area contributed by atoms with Crippen LogP contribution in [0.1, 0.15) is 32.0 Å². The van der Waals surface area contributed by atoms with Gasteiger partial charge in [-0.2, -0.15) is 0 Å². The van der Waals surface area contributed by atoms with Crippen LogP contribution in [0, 0.1) is 0 Å². The molecule has 0 atom stereocenters. The highest BCUT2D eigenvalue weighted by Gasteiger charge is 2.19. The number of imidazole rings is 1. The maximum absolute atomic E-state index is 12.3. The fourth-order valence-corrected chi connectivity index (χ4v) is 3.56. The Morgan fingerprint density at radius 3 is 2.64 bits per heavy atom. The number of amides is 1. The Labute approximate surface area is 149 Å². The van der Waals surface area contributed by atoms with E-state index in [1.165, 1.54) is 18.4 Å². The summed E-state index contributed by atoms with van der Waals surface area (Å²) < 4.78 is 27.9. The minimum absolute atomic E-state index is 0.0371. The third-order valence-corrected chi connectivity index (χ3v) is 5.98. The van der Waals surface area contributed by atoms with E-state index in [-0.39, 0.29) is 10.8 Å². The van der Waals surface area contributed by atoms with Crippen molar-refractivity contribution in [2.45, 2.75) is 44.0 Å². The molecule has 0 saturated heterocycles. The smallest absolute Gasteiger partial charge is 0.242 e. The fourth-order valence-electron chi connectivity index (χ4n) is 2.64. The zero-order chi connectivity index (χ0) is 18.6. The van der Waals surface area contributed by atoms with Crippen LogP contribution in [-0.2, 0) is 27.8 Å². The van der Waals surface area contributed by atoms with E-state index in [0.717, 1.165) is 30.7 Å². The van der Waals surface area contributed by atoms with Gasteiger partial charge in [0.05, 0.1) is 15.9 Å². The van der Waals surface area contributed by atoms with E-state index in [1.54, 1.807) is 25.2 Å². The van der Waals surface area contributed by atoms with Gasteiger partial charge >= 0.3 is 0 Å². The zero-order valence-corrected chi connectivity index (χ0v) is 16.1. The van der Waals surface area contributed by atoms with Gasteiger partial charge in [0, 0.05) is 40.5 Å². The maximum Gasteiger partial charge on any atom is 0.242 e. The van der Waals surface area contributed by atoms with Gasteiger partial charge in [0.25, 0.3) is 0 Å². The summed E-state index contributed by atoms with van der Waals surface area (Å²) >= 11 is 0. The number of sulfonamides is 1. The van der Waals surface area contributed by atoms with Crippen molar-refractivity contribution in [1.29, 1.82) is 0 Å². The second-order valence-corrected chi connectivity index (χ2v) is 8.30. The molecule has 0 spiro atoms. The summed E-state index contributed by atoms with van der Waals surface area (Å²) in [5.74, 6) is 0.774. The lowest BCUT2D eigenvalue weighted by Crippen LogP contribution is -2.22. The van der Waals surface area contributed by atoms with Crippen molar-refractivity contribution in [1.82, 2.24) is 19.2 Å². The standard InChI is InChI=1S/C17H26N4O3S/c1-5-6-11-21-15-8-7-13(25(23,24)20(3)4)12-14(15)19-16(21)9-10-17(22)18-2/h7-8,12H,5-6,9-11H2,1-4H3,(H,18,22). The van der Waals surface area contributed by atoms with Crippen LogP contribution in [0.4, 0.5) is 0 Å². The van der Waals surface area contributed by atoms with Crippen LogP contribution in [0.3, 0.4) is 0 Å². The van der Waals surface area contributed by atoms with Gasteiger partial charge in [0.2, 0.25) is 15.9 Å². The lowest BCUT2D eigenvalue weighted by atomic mass is 10.2. The first-order valence-corrected chi connectivity index (χ1v) is 9.87. The number of aryl methyl sites for hydroxylation is 2. The number of aromatic nitrogens is 2. The van der Waals surface area contributed by atoms with Crippen LogP contribution in [0.2, 0.25) is 0 Å². The number of hydrogen-bond donors (Lipinski definition) is 1. The van der Waals surface area contributed by atoms with Crippen molar-refractivity contribution in [2.75, 3.05) is 21.1 Å². The van der Waals surface area contributed by atoms with Crippen LogP contribution in [0.5, 0.6) is 0 Å². The molecule has 0 aliphatic rings. The third-order valence-electron chi connectivity index (χ3n) is 4.17. The summed E-state index contributed by atoms with van der Waals surface area (Å²) in [7, 11) is 1.13. The van der Waals surface area contributed by atoms with Gasteiger partial charge in [-0.15, -0.1) is 0 Å². The Balaban J connectivity index is 2.47. The topological polar surface area (TPSA) is 84.3 Å². The van der Waals surface area contributed by atoms with E-state index in [4.69, 9.17) is 0 Å². The van der Waals surface area contributed by atoms with Gasteiger partial charge in [-0.25, -0.2) is 17.7 Å². The van der Waals surface area contributed by atoms with Crippen LogP contribution in [0.25, 0.3) is 11.0 Å². The first-order chi connectivity index (χ1) is 11.8. The molecule has 25 heavy (non-hydrogen) atoms. The quantitative estimate of drug-likeness (QED) is 0.772. The number of carbonyl (C=O) groups is 1. The van der Waals surface area contributed by atoms with Crippen molar-refractivity contribution < 1.29 is 13.2 Å². The molecule has 0 aliphatic heterocycles. The molecular weight excluding hydrogens is 340 g/mol. The lowest BCUT2D eigenvalue weighted by molar-refractivity contribution is -0.120. The molecule has 0 fully saturated rings. The van der Waals surface area contributed by atoms with Gasteiger partial charge < -0.3 is 9.88 Å². The molecule has 0 bridgehead atoms. The molecule has 1 amide bonds. The zero-order valence-electron chi connectivity index (χ0n) is 15.2. The highest BCUT2D eigenvalue weighted by Crippen LogP contribution is 2.23. The predicted molar refractivity (Wildman–Crippen MR) is 97.9 cm³/mol. The van der Waals surface area contributed by atoms with Crippen LogP contribution in [-0.4, -0.2) is 49.3 Å². The van der Waals surface area contributed by atoms with Crippen molar-refractivity contribution >= 4 is 27.0 Å². The average Bonchev–Trinajstić information content (AvgIpc) is 2.94. The largest absolute Gasteiger partial charge is 0.359 e. The van der Waals surface area contributed by atoms with Crippen molar-refractivity contribution in [3.05, 3.63) is 24.0 Å². The van der Waals surface area contributed by atoms with Crippen LogP contribution < -0.4 is 5.32 Å². The minimum Gasteiger partial charge on any atom is -0.359 e. The third kappa shape index (κ3) is 4.19.